The highest BCUT2D eigenvalue weighted by atomic mass is 16.2. The van der Waals surface area contributed by atoms with Gasteiger partial charge in [0.15, 0.2) is 0 Å². The molecule has 60 valence electrons. The van der Waals surface area contributed by atoms with E-state index in [4.69, 9.17) is 0 Å². The maximum Gasteiger partial charge on any atom is 0.265 e. The SMILES string of the molecule is CN(C)NC(=O)C1=CCC=C1. The number of nitrogens with zero attached hydrogens (tertiary/aromatic N) is 1. The van der Waals surface area contributed by atoms with Gasteiger partial charge in [0, 0.05) is 19.7 Å². The first-order chi connectivity index (χ1) is 5.20. The molecule has 0 aromatic carbocycles. The van der Waals surface area contributed by atoms with E-state index in [1.807, 2.05) is 18.2 Å². The number of hydrogen-bond acceptors (Lipinski definition) is 2. The Morgan fingerprint density at radius 2 is 2.36 bits per heavy atom. The highest BCUT2D eigenvalue weighted by Crippen LogP contribution is 2.07. The van der Waals surface area contributed by atoms with Crippen LogP contribution in [0.2, 0.25) is 0 Å². The molecule has 0 atom stereocenters. The van der Waals surface area contributed by atoms with Crippen molar-refractivity contribution >= 4 is 5.91 Å². The molecule has 0 radical (unpaired) electrons. The first-order valence-corrected chi connectivity index (χ1v) is 3.55. The minimum absolute atomic E-state index is 0.0382. The minimum Gasteiger partial charge on any atom is -0.285 e. The van der Waals surface area contributed by atoms with Gasteiger partial charge in [-0.15, -0.1) is 0 Å². The standard InChI is InChI=1S/C8H12N2O/c1-10(2)9-8(11)7-5-3-4-6-7/h3,5-6H,4H2,1-2H3,(H,9,11). The molecule has 0 spiro atoms. The molecule has 11 heavy (non-hydrogen) atoms. The summed E-state index contributed by atoms with van der Waals surface area (Å²) in [5.41, 5.74) is 3.41. The largest absolute Gasteiger partial charge is 0.285 e. The Morgan fingerprint density at radius 3 is 2.82 bits per heavy atom. The summed E-state index contributed by atoms with van der Waals surface area (Å²) in [6, 6.07) is 0. The van der Waals surface area contributed by atoms with Gasteiger partial charge >= 0.3 is 0 Å². The number of carbonyl (C=O) groups excluding carboxylic acids is 1. The van der Waals surface area contributed by atoms with Gasteiger partial charge in [0.25, 0.3) is 5.91 Å². The Bertz CT molecular complexity index is 216. The summed E-state index contributed by atoms with van der Waals surface area (Å²) in [5.74, 6) is -0.0382. The van der Waals surface area contributed by atoms with Gasteiger partial charge in [-0.2, -0.15) is 0 Å². The molecule has 0 aromatic rings. The van der Waals surface area contributed by atoms with Crippen LogP contribution in [0, 0.1) is 0 Å². The second-order valence-electron chi connectivity index (χ2n) is 2.63. The fourth-order valence-corrected chi connectivity index (χ4v) is 0.894. The number of carbonyl (C=O) groups is 1. The van der Waals surface area contributed by atoms with Crippen LogP contribution >= 0.6 is 0 Å². The van der Waals surface area contributed by atoms with Gasteiger partial charge in [0.05, 0.1) is 0 Å². The zero-order valence-electron chi connectivity index (χ0n) is 6.79. The molecule has 0 aliphatic heterocycles. The lowest BCUT2D eigenvalue weighted by Gasteiger charge is -2.10. The third-order valence-electron chi connectivity index (χ3n) is 1.36. The van der Waals surface area contributed by atoms with E-state index >= 15 is 0 Å². The number of allylic oxidation sites excluding steroid dienone is 2. The molecule has 0 bridgehead atoms. The summed E-state index contributed by atoms with van der Waals surface area (Å²) in [6.45, 7) is 0. The van der Waals surface area contributed by atoms with Gasteiger partial charge in [-0.3, -0.25) is 10.2 Å². The Labute approximate surface area is 66.4 Å². The predicted octanol–water partition coefficient (Wildman–Crippen LogP) is 0.465. The van der Waals surface area contributed by atoms with Gasteiger partial charge in [0.2, 0.25) is 0 Å². The summed E-state index contributed by atoms with van der Waals surface area (Å²) >= 11 is 0. The summed E-state index contributed by atoms with van der Waals surface area (Å²) in [4.78, 5) is 11.2. The molecule has 0 heterocycles. The van der Waals surface area contributed by atoms with Crippen LogP contribution in [-0.2, 0) is 4.79 Å². The lowest BCUT2D eigenvalue weighted by molar-refractivity contribution is -0.120. The van der Waals surface area contributed by atoms with Crippen molar-refractivity contribution in [1.82, 2.24) is 10.4 Å². The Kier molecular flexibility index (Phi) is 2.44. The maximum atomic E-state index is 11.2. The second-order valence-corrected chi connectivity index (χ2v) is 2.63. The third kappa shape index (κ3) is 2.20. The molecule has 0 saturated carbocycles. The van der Waals surface area contributed by atoms with Crippen LogP contribution < -0.4 is 5.43 Å². The molecule has 0 aromatic heterocycles. The fraction of sp³-hybridized carbons (Fsp3) is 0.375. The molecule has 1 rings (SSSR count). The molecule has 0 unspecified atom stereocenters. The molecule has 0 fully saturated rings. The van der Waals surface area contributed by atoms with E-state index in [1.54, 1.807) is 19.1 Å². The second kappa shape index (κ2) is 3.34. The molecule has 1 aliphatic rings. The average Bonchev–Trinajstić information content (AvgIpc) is 2.35. The number of amides is 1. The molecule has 1 N–H and O–H groups in total. The van der Waals surface area contributed by atoms with Gasteiger partial charge < -0.3 is 0 Å². The van der Waals surface area contributed by atoms with Crippen molar-refractivity contribution in [2.45, 2.75) is 6.42 Å². The van der Waals surface area contributed by atoms with Crippen molar-refractivity contribution in [3.8, 4) is 0 Å². The number of nitrogens with one attached hydrogen (secondary N) is 1. The van der Waals surface area contributed by atoms with E-state index in [2.05, 4.69) is 5.43 Å². The first kappa shape index (κ1) is 8.01. The summed E-state index contributed by atoms with van der Waals surface area (Å²) in [5, 5.41) is 1.63. The van der Waals surface area contributed by atoms with E-state index < -0.39 is 0 Å². The zero-order valence-corrected chi connectivity index (χ0v) is 6.79. The van der Waals surface area contributed by atoms with E-state index in [1.165, 1.54) is 0 Å². The minimum atomic E-state index is -0.0382. The van der Waals surface area contributed by atoms with Crippen LogP contribution in [0.4, 0.5) is 0 Å². The van der Waals surface area contributed by atoms with Gasteiger partial charge in [-0.1, -0.05) is 18.2 Å². The molecule has 1 aliphatic carbocycles. The predicted molar refractivity (Wildman–Crippen MR) is 43.7 cm³/mol. The molecular formula is C8H12N2O. The number of rotatable bonds is 2. The number of hydrogen-bond donors (Lipinski definition) is 1. The van der Waals surface area contributed by atoms with E-state index in [9.17, 15) is 4.79 Å². The Balaban J connectivity index is 2.48. The maximum absolute atomic E-state index is 11.2. The Hall–Kier alpha value is -1.09. The zero-order chi connectivity index (χ0) is 8.27. The van der Waals surface area contributed by atoms with E-state index in [0.717, 1.165) is 12.0 Å². The van der Waals surface area contributed by atoms with E-state index in [0.29, 0.717) is 0 Å². The van der Waals surface area contributed by atoms with Crippen molar-refractivity contribution in [1.29, 1.82) is 0 Å². The molecule has 1 amide bonds. The highest BCUT2D eigenvalue weighted by Gasteiger charge is 2.07. The monoisotopic (exact) mass is 152 g/mol. The van der Waals surface area contributed by atoms with E-state index in [-0.39, 0.29) is 5.91 Å². The van der Waals surface area contributed by atoms with Crippen LogP contribution in [0.3, 0.4) is 0 Å². The molecular weight excluding hydrogens is 140 g/mol. The first-order valence-electron chi connectivity index (χ1n) is 3.55. The van der Waals surface area contributed by atoms with Gasteiger partial charge in [-0.05, 0) is 6.42 Å². The van der Waals surface area contributed by atoms with Crippen LogP contribution in [0.15, 0.2) is 23.8 Å². The number of hydrazine groups is 1. The van der Waals surface area contributed by atoms with Crippen LogP contribution in [0.5, 0.6) is 0 Å². The van der Waals surface area contributed by atoms with Gasteiger partial charge in [0.1, 0.15) is 0 Å². The van der Waals surface area contributed by atoms with Crippen molar-refractivity contribution in [3.05, 3.63) is 23.8 Å². The summed E-state index contributed by atoms with van der Waals surface area (Å²) in [7, 11) is 3.58. The topological polar surface area (TPSA) is 32.3 Å². The van der Waals surface area contributed by atoms with Crippen LogP contribution in [-0.4, -0.2) is 25.0 Å². The highest BCUT2D eigenvalue weighted by molar-refractivity contribution is 5.96. The summed E-state index contributed by atoms with van der Waals surface area (Å²) in [6.07, 6.45) is 6.57. The molecule has 3 heteroatoms. The average molecular weight is 152 g/mol. The normalized spacial score (nSPS) is 15.4. The summed E-state index contributed by atoms with van der Waals surface area (Å²) < 4.78 is 0. The smallest absolute Gasteiger partial charge is 0.265 e. The lowest BCUT2D eigenvalue weighted by atomic mass is 10.3. The van der Waals surface area contributed by atoms with Crippen molar-refractivity contribution < 1.29 is 4.79 Å². The van der Waals surface area contributed by atoms with Crippen molar-refractivity contribution in [2.75, 3.05) is 14.1 Å². The van der Waals surface area contributed by atoms with Crippen LogP contribution in [0.1, 0.15) is 6.42 Å². The Morgan fingerprint density at radius 1 is 1.64 bits per heavy atom. The molecule has 0 saturated heterocycles. The quantitative estimate of drug-likeness (QED) is 0.583. The van der Waals surface area contributed by atoms with Gasteiger partial charge in [-0.25, -0.2) is 5.01 Å². The third-order valence-corrected chi connectivity index (χ3v) is 1.36. The molecule has 3 nitrogen and oxygen atoms in total. The van der Waals surface area contributed by atoms with Crippen molar-refractivity contribution in [3.63, 3.8) is 0 Å². The lowest BCUT2D eigenvalue weighted by Crippen LogP contribution is -2.36. The van der Waals surface area contributed by atoms with Crippen molar-refractivity contribution in [2.24, 2.45) is 0 Å². The fourth-order valence-electron chi connectivity index (χ4n) is 0.894. The van der Waals surface area contributed by atoms with Crippen LogP contribution in [0.25, 0.3) is 0 Å².